The molecule has 0 aromatic carbocycles. The summed E-state index contributed by atoms with van der Waals surface area (Å²) < 4.78 is 0. The fraction of sp³-hybridized carbons (Fsp3) is 0.636. The van der Waals surface area contributed by atoms with E-state index in [9.17, 15) is 0 Å². The van der Waals surface area contributed by atoms with Gasteiger partial charge in [0.15, 0.2) is 5.15 Å². The van der Waals surface area contributed by atoms with Gasteiger partial charge in [0.05, 0.1) is 5.69 Å². The molecule has 1 aromatic heterocycles. The third-order valence-corrected chi connectivity index (χ3v) is 3.94. The summed E-state index contributed by atoms with van der Waals surface area (Å²) in [7, 11) is 0. The Balaban J connectivity index is 0.000000963. The zero-order valence-corrected chi connectivity index (χ0v) is 10.6. The maximum absolute atomic E-state index is 5.77. The van der Waals surface area contributed by atoms with Crippen LogP contribution >= 0.6 is 24.0 Å². The van der Waals surface area contributed by atoms with Gasteiger partial charge in [-0.2, -0.15) is 5.10 Å². The average molecular weight is 260 g/mol. The van der Waals surface area contributed by atoms with Gasteiger partial charge < -0.3 is 4.90 Å². The summed E-state index contributed by atoms with van der Waals surface area (Å²) in [5.74, 6) is 0. The Labute approximate surface area is 107 Å². The Morgan fingerprint density at radius 1 is 1.19 bits per heavy atom. The Morgan fingerprint density at radius 2 is 2.06 bits per heavy atom. The molecule has 2 aliphatic heterocycles. The molecule has 3 rings (SSSR count). The number of halogens is 2. The minimum absolute atomic E-state index is 0. The van der Waals surface area contributed by atoms with Crippen LogP contribution in [-0.2, 0) is 5.41 Å². The van der Waals surface area contributed by atoms with Gasteiger partial charge in [-0.1, -0.05) is 11.6 Å². The van der Waals surface area contributed by atoms with E-state index in [1.54, 1.807) is 0 Å². The quantitative estimate of drug-likeness (QED) is 0.775. The van der Waals surface area contributed by atoms with Crippen LogP contribution in [0.3, 0.4) is 0 Å². The topological polar surface area (TPSA) is 29.0 Å². The summed E-state index contributed by atoms with van der Waals surface area (Å²) >= 11 is 5.77. The van der Waals surface area contributed by atoms with Crippen molar-refractivity contribution >= 4 is 24.0 Å². The van der Waals surface area contributed by atoms with Gasteiger partial charge in [-0.3, -0.25) is 0 Å². The van der Waals surface area contributed by atoms with Crippen molar-refractivity contribution in [3.05, 3.63) is 23.0 Å². The highest BCUT2D eigenvalue weighted by molar-refractivity contribution is 6.29. The lowest BCUT2D eigenvalue weighted by Gasteiger charge is -2.32. The lowest BCUT2D eigenvalue weighted by molar-refractivity contribution is 0.239. The number of piperidine rings is 1. The highest BCUT2D eigenvalue weighted by Gasteiger charge is 2.43. The van der Waals surface area contributed by atoms with Crippen molar-refractivity contribution in [2.75, 3.05) is 19.6 Å². The first-order chi connectivity index (χ1) is 7.28. The van der Waals surface area contributed by atoms with E-state index in [0.29, 0.717) is 5.15 Å². The predicted octanol–water partition coefficient (Wildman–Crippen LogP) is 2.29. The van der Waals surface area contributed by atoms with E-state index in [1.165, 1.54) is 32.4 Å². The normalized spacial score (nSPS) is 32.2. The number of rotatable bonds is 1. The molecule has 16 heavy (non-hydrogen) atoms. The number of nitrogens with zero attached hydrogens (tertiary/aromatic N) is 3. The molecule has 0 aliphatic carbocycles. The lowest BCUT2D eigenvalue weighted by atomic mass is 9.78. The largest absolute Gasteiger partial charge is 0.302 e. The minimum atomic E-state index is 0. The Hall–Kier alpha value is -0.380. The molecule has 2 saturated heterocycles. The maximum atomic E-state index is 5.77. The summed E-state index contributed by atoms with van der Waals surface area (Å²) in [5, 5.41) is 8.71. The van der Waals surface area contributed by atoms with Crippen molar-refractivity contribution in [1.82, 2.24) is 15.1 Å². The molecule has 2 atom stereocenters. The van der Waals surface area contributed by atoms with Crippen LogP contribution < -0.4 is 0 Å². The maximum Gasteiger partial charge on any atom is 0.151 e. The summed E-state index contributed by atoms with van der Waals surface area (Å²) in [4.78, 5) is 2.53. The molecule has 0 spiro atoms. The fourth-order valence-electron chi connectivity index (χ4n) is 2.93. The second kappa shape index (κ2) is 4.47. The highest BCUT2D eigenvalue weighted by atomic mass is 35.5. The van der Waals surface area contributed by atoms with Crippen molar-refractivity contribution in [1.29, 1.82) is 0 Å². The van der Waals surface area contributed by atoms with E-state index in [4.69, 9.17) is 11.6 Å². The molecule has 0 amide bonds. The second-order valence-electron chi connectivity index (χ2n) is 4.65. The van der Waals surface area contributed by atoms with E-state index in [-0.39, 0.29) is 17.8 Å². The van der Waals surface area contributed by atoms with E-state index < -0.39 is 0 Å². The Morgan fingerprint density at radius 3 is 2.81 bits per heavy atom. The average Bonchev–Trinajstić information content (AvgIpc) is 2.56. The second-order valence-corrected chi connectivity index (χ2v) is 5.04. The summed E-state index contributed by atoms with van der Waals surface area (Å²) in [5.41, 5.74) is 1.41. The third kappa shape index (κ3) is 1.92. The number of hydrogen-bond donors (Lipinski definition) is 0. The first-order valence-electron chi connectivity index (χ1n) is 5.51. The summed E-state index contributed by atoms with van der Waals surface area (Å²) in [6.45, 7) is 3.62. The lowest BCUT2D eigenvalue weighted by Crippen LogP contribution is -2.37. The smallest absolute Gasteiger partial charge is 0.151 e. The van der Waals surface area contributed by atoms with Crippen LogP contribution in [-0.4, -0.2) is 34.7 Å². The molecule has 5 heteroatoms. The fourth-order valence-corrected chi connectivity index (χ4v) is 3.03. The number of aromatic nitrogens is 2. The molecule has 1 aromatic rings. The van der Waals surface area contributed by atoms with Crippen LogP contribution in [0.25, 0.3) is 0 Å². The molecular weight excluding hydrogens is 245 g/mol. The molecule has 2 fully saturated rings. The van der Waals surface area contributed by atoms with Crippen molar-refractivity contribution < 1.29 is 0 Å². The molecule has 0 radical (unpaired) electrons. The zero-order valence-electron chi connectivity index (χ0n) is 9.03. The SMILES string of the molecule is Cl.Clc1ccc([C@@]23CCCN(CC2)C3)nn1. The van der Waals surface area contributed by atoms with Crippen molar-refractivity contribution in [3.63, 3.8) is 0 Å². The minimum Gasteiger partial charge on any atom is -0.302 e. The molecule has 1 unspecified atom stereocenters. The number of fused-ring (bicyclic) bond motifs is 2. The van der Waals surface area contributed by atoms with E-state index in [0.717, 1.165) is 12.2 Å². The first kappa shape index (κ1) is 12.1. The van der Waals surface area contributed by atoms with Gasteiger partial charge in [-0.05, 0) is 44.5 Å². The van der Waals surface area contributed by atoms with Gasteiger partial charge in [0, 0.05) is 12.0 Å². The molecule has 88 valence electrons. The van der Waals surface area contributed by atoms with Gasteiger partial charge >= 0.3 is 0 Å². The van der Waals surface area contributed by atoms with Crippen LogP contribution in [0.1, 0.15) is 25.0 Å². The summed E-state index contributed by atoms with van der Waals surface area (Å²) in [6.07, 6.45) is 3.76. The standard InChI is InChI=1S/C11H14ClN3.ClH/c12-10-3-2-9(13-14-10)11-4-1-6-15(8-11)7-5-11;/h2-3H,1,4-8H2;1H/t11-;/m0./s1. The zero-order chi connectivity index (χ0) is 10.3. The Kier molecular flexibility index (Phi) is 3.38. The van der Waals surface area contributed by atoms with Crippen molar-refractivity contribution in [2.45, 2.75) is 24.7 Å². The van der Waals surface area contributed by atoms with Gasteiger partial charge in [0.1, 0.15) is 0 Å². The van der Waals surface area contributed by atoms with Crippen LogP contribution in [0.4, 0.5) is 0 Å². The van der Waals surface area contributed by atoms with Gasteiger partial charge in [-0.15, -0.1) is 17.5 Å². The molecule has 0 N–H and O–H groups in total. The third-order valence-electron chi connectivity index (χ3n) is 3.74. The molecule has 2 aliphatic rings. The Bertz CT molecular complexity index is 364. The molecule has 0 saturated carbocycles. The number of hydrogen-bond acceptors (Lipinski definition) is 3. The molecule has 3 heterocycles. The van der Waals surface area contributed by atoms with Crippen molar-refractivity contribution in [3.8, 4) is 0 Å². The van der Waals surface area contributed by atoms with Crippen LogP contribution in [0.5, 0.6) is 0 Å². The summed E-state index contributed by atoms with van der Waals surface area (Å²) in [6, 6.07) is 3.90. The van der Waals surface area contributed by atoms with E-state index in [1.807, 2.05) is 12.1 Å². The predicted molar refractivity (Wildman–Crippen MR) is 66.3 cm³/mol. The van der Waals surface area contributed by atoms with Crippen LogP contribution in [0.2, 0.25) is 5.15 Å². The molecule has 2 bridgehead atoms. The van der Waals surface area contributed by atoms with Gasteiger partial charge in [-0.25, -0.2) is 0 Å². The molecular formula is C11H15Cl2N3. The van der Waals surface area contributed by atoms with Crippen LogP contribution in [0, 0.1) is 0 Å². The monoisotopic (exact) mass is 259 g/mol. The van der Waals surface area contributed by atoms with Gasteiger partial charge in [0.25, 0.3) is 0 Å². The first-order valence-corrected chi connectivity index (χ1v) is 5.88. The van der Waals surface area contributed by atoms with E-state index >= 15 is 0 Å². The van der Waals surface area contributed by atoms with Crippen LogP contribution in [0.15, 0.2) is 12.1 Å². The van der Waals surface area contributed by atoms with Gasteiger partial charge in [0.2, 0.25) is 0 Å². The van der Waals surface area contributed by atoms with E-state index in [2.05, 4.69) is 15.1 Å². The molecule has 3 nitrogen and oxygen atoms in total. The highest BCUT2D eigenvalue weighted by Crippen LogP contribution is 2.40. The van der Waals surface area contributed by atoms with Crippen molar-refractivity contribution in [2.24, 2.45) is 0 Å².